The lowest BCUT2D eigenvalue weighted by Crippen LogP contribution is -2.02. The number of furan rings is 1. The van der Waals surface area contributed by atoms with Crippen LogP contribution in [0.3, 0.4) is 0 Å². The van der Waals surface area contributed by atoms with Crippen LogP contribution in [0, 0.1) is 6.92 Å². The van der Waals surface area contributed by atoms with E-state index in [1.807, 2.05) is 6.92 Å². The molecule has 0 unspecified atom stereocenters. The molecule has 1 aromatic heterocycles. The lowest BCUT2D eigenvalue weighted by molar-refractivity contribution is 0.0563. The minimum Gasteiger partial charge on any atom is -0.496 e. The van der Waals surface area contributed by atoms with Crippen LogP contribution in [0.1, 0.15) is 32.2 Å². The van der Waals surface area contributed by atoms with Crippen molar-refractivity contribution in [1.82, 2.24) is 0 Å². The van der Waals surface area contributed by atoms with Crippen molar-refractivity contribution in [3.05, 3.63) is 53.0 Å². The number of hydrogen-bond acceptors (Lipinski definition) is 5. The summed E-state index contributed by atoms with van der Waals surface area (Å²) in [5.41, 5.74) is 1.36. The maximum Gasteiger partial charge on any atom is 0.373 e. The average Bonchev–Trinajstić information content (AvgIpc) is 2.96. The van der Waals surface area contributed by atoms with Crippen molar-refractivity contribution in [2.45, 2.75) is 6.92 Å². The summed E-state index contributed by atoms with van der Waals surface area (Å²) in [5, 5.41) is 0. The molecule has 0 amide bonds. The molecule has 0 radical (unpaired) electrons. The highest BCUT2D eigenvalue weighted by atomic mass is 16.5. The molecule has 0 spiro atoms. The quantitative estimate of drug-likeness (QED) is 0.633. The second-order valence-electron chi connectivity index (χ2n) is 4.17. The third-order valence-electron chi connectivity index (χ3n) is 2.89. The monoisotopic (exact) mass is 274 g/mol. The van der Waals surface area contributed by atoms with E-state index >= 15 is 0 Å². The number of benzene rings is 1. The number of ether oxygens (including phenoxy) is 2. The summed E-state index contributed by atoms with van der Waals surface area (Å²) in [6.07, 6.45) is 0. The Kier molecular flexibility index (Phi) is 3.89. The second kappa shape index (κ2) is 5.61. The second-order valence-corrected chi connectivity index (χ2v) is 4.17. The van der Waals surface area contributed by atoms with Crippen LogP contribution in [0.2, 0.25) is 0 Å². The molecule has 0 N–H and O–H groups in total. The van der Waals surface area contributed by atoms with Gasteiger partial charge in [-0.15, -0.1) is 0 Å². The Morgan fingerprint density at radius 1 is 1.05 bits per heavy atom. The largest absolute Gasteiger partial charge is 0.496 e. The van der Waals surface area contributed by atoms with Crippen LogP contribution in [0.25, 0.3) is 0 Å². The van der Waals surface area contributed by atoms with Crippen molar-refractivity contribution in [2.24, 2.45) is 0 Å². The van der Waals surface area contributed by atoms with Gasteiger partial charge in [-0.1, -0.05) is 12.1 Å². The summed E-state index contributed by atoms with van der Waals surface area (Å²) in [6, 6.07) is 7.96. The summed E-state index contributed by atoms with van der Waals surface area (Å²) in [6.45, 7) is 1.88. The number of methoxy groups -OCH3 is 2. The molecule has 0 aliphatic rings. The fraction of sp³-hybridized carbons (Fsp3) is 0.200. The van der Waals surface area contributed by atoms with E-state index in [0.717, 1.165) is 5.56 Å². The molecule has 0 bridgehead atoms. The molecule has 0 atom stereocenters. The van der Waals surface area contributed by atoms with Gasteiger partial charge in [-0.2, -0.15) is 0 Å². The van der Waals surface area contributed by atoms with Gasteiger partial charge in [0, 0.05) is 5.56 Å². The number of ketones is 1. The van der Waals surface area contributed by atoms with E-state index < -0.39 is 5.97 Å². The maximum atomic E-state index is 12.2. The predicted molar refractivity (Wildman–Crippen MR) is 71.2 cm³/mol. The molecule has 5 nitrogen and oxygen atoms in total. The Morgan fingerprint density at radius 3 is 2.40 bits per heavy atom. The van der Waals surface area contributed by atoms with Crippen LogP contribution in [-0.2, 0) is 4.74 Å². The normalized spacial score (nSPS) is 10.2. The van der Waals surface area contributed by atoms with E-state index in [0.29, 0.717) is 11.3 Å². The molecule has 0 saturated carbocycles. The van der Waals surface area contributed by atoms with Crippen LogP contribution in [-0.4, -0.2) is 26.0 Å². The van der Waals surface area contributed by atoms with Gasteiger partial charge in [0.05, 0.1) is 14.2 Å². The first kappa shape index (κ1) is 13.9. The Balaban J connectivity index is 2.31. The van der Waals surface area contributed by atoms with Crippen molar-refractivity contribution in [3.63, 3.8) is 0 Å². The lowest BCUT2D eigenvalue weighted by atomic mass is 10.1. The third-order valence-corrected chi connectivity index (χ3v) is 2.89. The van der Waals surface area contributed by atoms with Gasteiger partial charge in [0.15, 0.2) is 5.76 Å². The van der Waals surface area contributed by atoms with Gasteiger partial charge in [-0.25, -0.2) is 4.79 Å². The molecular formula is C15H14O5. The van der Waals surface area contributed by atoms with Crippen LogP contribution < -0.4 is 4.74 Å². The molecule has 0 aliphatic heterocycles. The van der Waals surface area contributed by atoms with Crippen LogP contribution in [0.4, 0.5) is 0 Å². The minimum absolute atomic E-state index is 0.00470. The van der Waals surface area contributed by atoms with Crippen molar-refractivity contribution in [2.75, 3.05) is 14.2 Å². The number of rotatable bonds is 4. The first-order valence-electron chi connectivity index (χ1n) is 5.94. The predicted octanol–water partition coefficient (Wildman–Crippen LogP) is 2.61. The number of carbonyl (C=O) groups excluding carboxylic acids is 2. The molecule has 5 heteroatoms. The summed E-state index contributed by atoms with van der Waals surface area (Å²) in [7, 11) is 2.79. The lowest BCUT2D eigenvalue weighted by Gasteiger charge is -2.06. The fourth-order valence-corrected chi connectivity index (χ4v) is 1.77. The van der Waals surface area contributed by atoms with E-state index in [9.17, 15) is 9.59 Å². The molecule has 0 saturated heterocycles. The van der Waals surface area contributed by atoms with E-state index in [1.165, 1.54) is 19.2 Å². The highest BCUT2D eigenvalue weighted by molar-refractivity contribution is 6.07. The van der Waals surface area contributed by atoms with Crippen molar-refractivity contribution >= 4 is 11.8 Å². The van der Waals surface area contributed by atoms with Crippen LogP contribution >= 0.6 is 0 Å². The van der Waals surface area contributed by atoms with Gasteiger partial charge >= 0.3 is 5.97 Å². The van der Waals surface area contributed by atoms with Crippen molar-refractivity contribution < 1.29 is 23.5 Å². The maximum absolute atomic E-state index is 12.2. The van der Waals surface area contributed by atoms with Gasteiger partial charge in [0.2, 0.25) is 11.5 Å². The van der Waals surface area contributed by atoms with Crippen LogP contribution in [0.15, 0.2) is 34.7 Å². The Labute approximate surface area is 116 Å². The van der Waals surface area contributed by atoms with Gasteiger partial charge in [0.1, 0.15) is 5.75 Å². The zero-order chi connectivity index (χ0) is 14.7. The highest BCUT2D eigenvalue weighted by Gasteiger charge is 2.18. The van der Waals surface area contributed by atoms with E-state index in [-0.39, 0.29) is 17.3 Å². The molecular weight excluding hydrogens is 260 g/mol. The molecule has 2 aromatic rings. The van der Waals surface area contributed by atoms with Gasteiger partial charge in [0.25, 0.3) is 0 Å². The van der Waals surface area contributed by atoms with Crippen molar-refractivity contribution in [1.29, 1.82) is 0 Å². The minimum atomic E-state index is -0.620. The molecule has 0 aliphatic carbocycles. The van der Waals surface area contributed by atoms with Crippen LogP contribution in [0.5, 0.6) is 5.75 Å². The zero-order valence-corrected chi connectivity index (χ0v) is 11.4. The van der Waals surface area contributed by atoms with Gasteiger partial charge in [-0.05, 0) is 30.7 Å². The molecule has 1 aromatic carbocycles. The van der Waals surface area contributed by atoms with Gasteiger partial charge in [-0.3, -0.25) is 4.79 Å². The Bertz CT molecular complexity index is 654. The molecule has 1 heterocycles. The summed E-state index contributed by atoms with van der Waals surface area (Å²) in [5.74, 6) is -0.245. The zero-order valence-electron chi connectivity index (χ0n) is 11.4. The van der Waals surface area contributed by atoms with E-state index in [2.05, 4.69) is 4.74 Å². The third kappa shape index (κ3) is 2.56. The van der Waals surface area contributed by atoms with E-state index in [4.69, 9.17) is 9.15 Å². The molecule has 104 valence electrons. The number of esters is 1. The Hall–Kier alpha value is -2.56. The number of hydrogen-bond donors (Lipinski definition) is 0. The molecule has 0 fully saturated rings. The topological polar surface area (TPSA) is 65.7 Å². The SMILES string of the molecule is COC(=O)c1ccc(C(=O)c2ccc(C)c(OC)c2)o1. The van der Waals surface area contributed by atoms with Crippen molar-refractivity contribution in [3.8, 4) is 5.75 Å². The van der Waals surface area contributed by atoms with Gasteiger partial charge < -0.3 is 13.9 Å². The molecule has 2 rings (SSSR count). The number of aryl methyl sites for hydroxylation is 1. The molecule has 20 heavy (non-hydrogen) atoms. The summed E-state index contributed by atoms with van der Waals surface area (Å²) in [4.78, 5) is 23.5. The average molecular weight is 274 g/mol. The smallest absolute Gasteiger partial charge is 0.373 e. The number of carbonyl (C=O) groups is 2. The standard InChI is InChI=1S/C15H14O5/c1-9-4-5-10(8-13(9)18-2)14(16)11-6-7-12(20-11)15(17)19-3/h4-8H,1-3H3. The first-order valence-corrected chi connectivity index (χ1v) is 5.94. The highest BCUT2D eigenvalue weighted by Crippen LogP contribution is 2.22. The summed E-state index contributed by atoms with van der Waals surface area (Å²) >= 11 is 0. The Morgan fingerprint density at radius 2 is 1.75 bits per heavy atom. The fourth-order valence-electron chi connectivity index (χ4n) is 1.77. The first-order chi connectivity index (χ1) is 9.56. The van der Waals surface area contributed by atoms with E-state index in [1.54, 1.807) is 25.3 Å². The summed E-state index contributed by atoms with van der Waals surface area (Å²) < 4.78 is 14.9.